The smallest absolute Gasteiger partial charge is 0.242 e. The van der Waals surface area contributed by atoms with Crippen LogP contribution in [0.3, 0.4) is 0 Å². The maximum atomic E-state index is 12.0. The fourth-order valence-corrected chi connectivity index (χ4v) is 2.70. The molecule has 1 N–H and O–H groups in total. The normalized spacial score (nSPS) is 15.3. The number of nitrogens with one attached hydrogen (secondary N) is 1. The number of carbonyl (C=O) groups excluding carboxylic acids is 2. The molecule has 2 rings (SSSR count). The van der Waals surface area contributed by atoms with Gasteiger partial charge < -0.3 is 15.1 Å². The molecule has 1 aliphatic heterocycles. The Morgan fingerprint density at radius 2 is 2.16 bits per heavy atom. The molecule has 0 radical (unpaired) electrons. The Balaban J connectivity index is 1.80. The van der Waals surface area contributed by atoms with E-state index in [1.54, 1.807) is 18.4 Å². The second-order valence-corrected chi connectivity index (χ2v) is 5.67. The largest absolute Gasteiger partial charge is 0.339 e. The number of hydrogen-bond donors (Lipinski definition) is 1. The van der Waals surface area contributed by atoms with Crippen LogP contribution in [-0.4, -0.2) is 61.4 Å². The Kier molecular flexibility index (Phi) is 4.93. The van der Waals surface area contributed by atoms with Crippen molar-refractivity contribution >= 4 is 23.2 Å². The third-order valence-corrected chi connectivity index (χ3v) is 4.05. The molecule has 1 aliphatic rings. The Hall–Kier alpha value is -1.40. The zero-order valence-electron chi connectivity index (χ0n) is 11.1. The summed E-state index contributed by atoms with van der Waals surface area (Å²) in [5, 5.41) is 5.16. The summed E-state index contributed by atoms with van der Waals surface area (Å²) >= 11 is 1.56. The van der Waals surface area contributed by atoms with E-state index in [1.807, 2.05) is 22.4 Å². The summed E-state index contributed by atoms with van der Waals surface area (Å²) in [6.07, 6.45) is 0.378. The summed E-state index contributed by atoms with van der Waals surface area (Å²) in [6, 6.07) is 3.87. The van der Waals surface area contributed by atoms with Gasteiger partial charge in [0.1, 0.15) is 0 Å². The SMILES string of the molecule is CN(CC(=O)N1CCNCC1)C(=O)Cc1cccs1. The van der Waals surface area contributed by atoms with E-state index in [-0.39, 0.29) is 18.4 Å². The third-order valence-electron chi connectivity index (χ3n) is 3.17. The standard InChI is InChI=1S/C13H19N3O2S/c1-15(12(17)9-11-3-2-8-19-11)10-13(18)16-6-4-14-5-7-16/h2-3,8,14H,4-7,9-10H2,1H3. The van der Waals surface area contributed by atoms with Gasteiger partial charge in [-0.25, -0.2) is 0 Å². The lowest BCUT2D eigenvalue weighted by molar-refractivity contribution is -0.139. The minimum atomic E-state index is -0.00839. The molecule has 2 heterocycles. The monoisotopic (exact) mass is 281 g/mol. The third kappa shape index (κ3) is 4.04. The van der Waals surface area contributed by atoms with Crippen molar-refractivity contribution in [1.29, 1.82) is 0 Å². The minimum Gasteiger partial charge on any atom is -0.339 e. The summed E-state index contributed by atoms with van der Waals surface area (Å²) in [7, 11) is 1.69. The summed E-state index contributed by atoms with van der Waals surface area (Å²) in [6.45, 7) is 3.29. The van der Waals surface area contributed by atoms with Gasteiger partial charge in [0.2, 0.25) is 11.8 Å². The maximum Gasteiger partial charge on any atom is 0.242 e. The molecule has 1 saturated heterocycles. The lowest BCUT2D eigenvalue weighted by atomic mass is 10.3. The molecule has 0 bridgehead atoms. The van der Waals surface area contributed by atoms with Gasteiger partial charge in [0.15, 0.2) is 0 Å². The fourth-order valence-electron chi connectivity index (χ4n) is 2.00. The number of hydrogen-bond acceptors (Lipinski definition) is 4. The van der Waals surface area contributed by atoms with E-state index in [2.05, 4.69) is 5.32 Å². The number of nitrogens with zero attached hydrogens (tertiary/aromatic N) is 2. The van der Waals surface area contributed by atoms with Gasteiger partial charge in [-0.15, -0.1) is 11.3 Å². The first-order valence-electron chi connectivity index (χ1n) is 6.41. The van der Waals surface area contributed by atoms with E-state index < -0.39 is 0 Å². The first kappa shape index (κ1) is 14.0. The molecular formula is C13H19N3O2S. The molecule has 0 unspecified atom stereocenters. The van der Waals surface area contributed by atoms with Crippen LogP contribution in [0.1, 0.15) is 4.88 Å². The first-order valence-corrected chi connectivity index (χ1v) is 7.29. The zero-order valence-corrected chi connectivity index (χ0v) is 11.9. The Bertz CT molecular complexity index is 427. The molecule has 0 spiro atoms. The van der Waals surface area contributed by atoms with Gasteiger partial charge in [0.25, 0.3) is 0 Å². The molecular weight excluding hydrogens is 262 g/mol. The highest BCUT2D eigenvalue weighted by Crippen LogP contribution is 2.10. The Morgan fingerprint density at radius 3 is 2.79 bits per heavy atom. The molecule has 1 aromatic rings. The van der Waals surface area contributed by atoms with Gasteiger partial charge in [0, 0.05) is 38.1 Å². The Morgan fingerprint density at radius 1 is 1.42 bits per heavy atom. The Labute approximate surface area is 117 Å². The molecule has 0 aromatic carbocycles. The molecule has 1 aromatic heterocycles. The van der Waals surface area contributed by atoms with Gasteiger partial charge in [0.05, 0.1) is 13.0 Å². The predicted molar refractivity (Wildman–Crippen MR) is 75.1 cm³/mol. The van der Waals surface area contributed by atoms with Crippen LogP contribution in [0.2, 0.25) is 0 Å². The van der Waals surface area contributed by atoms with E-state index >= 15 is 0 Å². The van der Waals surface area contributed by atoms with Crippen LogP contribution in [0.4, 0.5) is 0 Å². The lowest BCUT2D eigenvalue weighted by Gasteiger charge is -2.29. The molecule has 5 nitrogen and oxygen atoms in total. The molecule has 0 saturated carbocycles. The van der Waals surface area contributed by atoms with Crippen molar-refractivity contribution in [3.8, 4) is 0 Å². The van der Waals surface area contributed by atoms with E-state index in [0.717, 1.165) is 31.1 Å². The topological polar surface area (TPSA) is 52.7 Å². The van der Waals surface area contributed by atoms with Crippen molar-refractivity contribution in [2.45, 2.75) is 6.42 Å². The highest BCUT2D eigenvalue weighted by atomic mass is 32.1. The van der Waals surface area contributed by atoms with Crippen LogP contribution in [0.15, 0.2) is 17.5 Å². The van der Waals surface area contributed by atoms with E-state index in [1.165, 1.54) is 4.90 Å². The zero-order chi connectivity index (χ0) is 13.7. The van der Waals surface area contributed by atoms with Gasteiger partial charge >= 0.3 is 0 Å². The molecule has 0 atom stereocenters. The number of likely N-dealkylation sites (N-methyl/N-ethyl adjacent to an activating group) is 1. The number of carbonyl (C=O) groups is 2. The van der Waals surface area contributed by atoms with Crippen LogP contribution < -0.4 is 5.32 Å². The van der Waals surface area contributed by atoms with Gasteiger partial charge in [-0.05, 0) is 11.4 Å². The van der Waals surface area contributed by atoms with E-state index in [0.29, 0.717) is 6.42 Å². The highest BCUT2D eigenvalue weighted by Gasteiger charge is 2.20. The number of thiophene rings is 1. The van der Waals surface area contributed by atoms with Gasteiger partial charge in [-0.2, -0.15) is 0 Å². The number of rotatable bonds is 4. The summed E-state index contributed by atoms with van der Waals surface area (Å²) in [5.74, 6) is 0.0227. The first-order chi connectivity index (χ1) is 9.16. The van der Waals surface area contributed by atoms with Gasteiger partial charge in [-0.1, -0.05) is 6.07 Å². The summed E-state index contributed by atoms with van der Waals surface area (Å²) in [4.78, 5) is 28.4. The van der Waals surface area contributed by atoms with Gasteiger partial charge in [-0.3, -0.25) is 9.59 Å². The van der Waals surface area contributed by atoms with Crippen molar-refractivity contribution in [3.05, 3.63) is 22.4 Å². The van der Waals surface area contributed by atoms with Crippen LogP contribution in [0.25, 0.3) is 0 Å². The van der Waals surface area contributed by atoms with Crippen molar-refractivity contribution in [1.82, 2.24) is 15.1 Å². The minimum absolute atomic E-state index is 0.00839. The van der Waals surface area contributed by atoms with Crippen molar-refractivity contribution in [2.24, 2.45) is 0 Å². The summed E-state index contributed by atoms with van der Waals surface area (Å²) < 4.78 is 0. The lowest BCUT2D eigenvalue weighted by Crippen LogP contribution is -2.49. The maximum absolute atomic E-state index is 12.0. The number of amides is 2. The highest BCUT2D eigenvalue weighted by molar-refractivity contribution is 7.10. The second-order valence-electron chi connectivity index (χ2n) is 4.64. The van der Waals surface area contributed by atoms with Crippen LogP contribution in [0, 0.1) is 0 Å². The molecule has 0 aliphatic carbocycles. The average Bonchev–Trinajstić information content (AvgIpc) is 2.92. The van der Waals surface area contributed by atoms with Crippen LogP contribution >= 0.6 is 11.3 Å². The molecule has 2 amide bonds. The van der Waals surface area contributed by atoms with Crippen molar-refractivity contribution in [2.75, 3.05) is 39.8 Å². The quantitative estimate of drug-likeness (QED) is 0.856. The molecule has 6 heteroatoms. The van der Waals surface area contributed by atoms with Crippen molar-refractivity contribution in [3.63, 3.8) is 0 Å². The predicted octanol–water partition coefficient (Wildman–Crippen LogP) is 0.181. The van der Waals surface area contributed by atoms with E-state index in [9.17, 15) is 9.59 Å². The van der Waals surface area contributed by atoms with Crippen LogP contribution in [0.5, 0.6) is 0 Å². The van der Waals surface area contributed by atoms with E-state index in [4.69, 9.17) is 0 Å². The second kappa shape index (κ2) is 6.68. The molecule has 1 fully saturated rings. The van der Waals surface area contributed by atoms with Crippen LogP contribution in [-0.2, 0) is 16.0 Å². The molecule has 104 valence electrons. The average molecular weight is 281 g/mol. The number of piperazine rings is 1. The van der Waals surface area contributed by atoms with Crippen molar-refractivity contribution < 1.29 is 9.59 Å². The summed E-state index contributed by atoms with van der Waals surface area (Å²) in [5.41, 5.74) is 0. The fraction of sp³-hybridized carbons (Fsp3) is 0.538. The molecule has 19 heavy (non-hydrogen) atoms.